The first kappa shape index (κ1) is 15.5. The first-order valence-corrected chi connectivity index (χ1v) is 7.24. The Bertz CT molecular complexity index is 549. The summed E-state index contributed by atoms with van der Waals surface area (Å²) in [6.07, 6.45) is 2.12. The van der Waals surface area contributed by atoms with Gasteiger partial charge < -0.3 is 10.4 Å². The average molecular weight is 287 g/mol. The molecule has 0 bridgehead atoms. The number of hydrogen-bond acceptors (Lipinski definition) is 4. The van der Waals surface area contributed by atoms with Gasteiger partial charge >= 0.3 is 0 Å². The smallest absolute Gasteiger partial charge is 0.225 e. The molecule has 1 aliphatic rings. The molecule has 112 valence electrons. The second kappa shape index (κ2) is 6.70. The number of para-hydroxylation sites is 1. The molecule has 2 rings (SSSR count). The summed E-state index contributed by atoms with van der Waals surface area (Å²) in [7, 11) is 0. The fourth-order valence-corrected chi connectivity index (χ4v) is 2.68. The second-order valence-electron chi connectivity index (χ2n) is 5.83. The summed E-state index contributed by atoms with van der Waals surface area (Å²) in [5.41, 5.74) is 0.365. The van der Waals surface area contributed by atoms with Crippen molar-refractivity contribution in [3.05, 3.63) is 29.8 Å². The van der Waals surface area contributed by atoms with Gasteiger partial charge in [0.25, 0.3) is 0 Å². The van der Waals surface area contributed by atoms with Gasteiger partial charge in [0.05, 0.1) is 16.9 Å². The molecule has 2 N–H and O–H groups in total. The third-order valence-corrected chi connectivity index (χ3v) is 3.73. The summed E-state index contributed by atoms with van der Waals surface area (Å²) in [5.74, 6) is -0.108. The zero-order chi connectivity index (χ0) is 15.3. The van der Waals surface area contributed by atoms with Crippen LogP contribution in [0.15, 0.2) is 24.3 Å². The molecule has 1 aromatic carbocycles. The van der Waals surface area contributed by atoms with Crippen LogP contribution < -0.4 is 5.32 Å². The molecule has 1 atom stereocenters. The highest BCUT2D eigenvalue weighted by Crippen LogP contribution is 2.20. The summed E-state index contributed by atoms with van der Waals surface area (Å²) in [4.78, 5) is 14.1. The number of hydrogen-bond donors (Lipinski definition) is 2. The van der Waals surface area contributed by atoms with Gasteiger partial charge in [-0.05, 0) is 38.4 Å². The van der Waals surface area contributed by atoms with Gasteiger partial charge in [0, 0.05) is 19.5 Å². The van der Waals surface area contributed by atoms with Gasteiger partial charge in [0.15, 0.2) is 0 Å². The van der Waals surface area contributed by atoms with Crippen LogP contribution in [-0.4, -0.2) is 41.1 Å². The molecule has 1 aromatic rings. The molecule has 1 amide bonds. The van der Waals surface area contributed by atoms with E-state index in [1.165, 1.54) is 0 Å². The lowest BCUT2D eigenvalue weighted by Gasteiger charge is -2.36. The monoisotopic (exact) mass is 287 g/mol. The van der Waals surface area contributed by atoms with Crippen molar-refractivity contribution >= 4 is 11.6 Å². The number of aliphatic hydroxyl groups is 1. The normalized spacial score (nSPS) is 22.5. The number of carbonyl (C=O) groups is 1. The topological polar surface area (TPSA) is 76.4 Å². The number of piperidine rings is 1. The lowest BCUT2D eigenvalue weighted by molar-refractivity contribution is -0.117. The first-order chi connectivity index (χ1) is 10.00. The number of nitrogens with one attached hydrogen (secondary N) is 1. The molecule has 1 unspecified atom stereocenters. The highest BCUT2D eigenvalue weighted by atomic mass is 16.3. The largest absolute Gasteiger partial charge is 0.389 e. The minimum atomic E-state index is -0.651. The number of amides is 1. The Morgan fingerprint density at radius 2 is 2.29 bits per heavy atom. The van der Waals surface area contributed by atoms with Gasteiger partial charge in [-0.3, -0.25) is 9.69 Å². The van der Waals surface area contributed by atoms with Crippen LogP contribution in [0.25, 0.3) is 0 Å². The van der Waals surface area contributed by atoms with Crippen molar-refractivity contribution in [1.82, 2.24) is 4.90 Å². The number of nitrogens with zero attached hydrogens (tertiary/aromatic N) is 2. The maximum atomic E-state index is 12.0. The van der Waals surface area contributed by atoms with Gasteiger partial charge in [0.2, 0.25) is 5.91 Å². The van der Waals surface area contributed by atoms with Crippen LogP contribution in [-0.2, 0) is 4.79 Å². The molecule has 5 heteroatoms. The summed E-state index contributed by atoms with van der Waals surface area (Å²) in [6.45, 7) is 3.98. The number of anilines is 1. The van der Waals surface area contributed by atoms with Crippen LogP contribution in [0.1, 0.15) is 31.7 Å². The molecule has 21 heavy (non-hydrogen) atoms. The van der Waals surface area contributed by atoms with Crippen molar-refractivity contribution in [2.45, 2.75) is 31.8 Å². The van der Waals surface area contributed by atoms with Gasteiger partial charge in [-0.15, -0.1) is 0 Å². The maximum Gasteiger partial charge on any atom is 0.225 e. The van der Waals surface area contributed by atoms with Crippen molar-refractivity contribution in [2.24, 2.45) is 0 Å². The lowest BCUT2D eigenvalue weighted by Crippen LogP contribution is -2.46. The third-order valence-electron chi connectivity index (χ3n) is 3.73. The molecule has 1 heterocycles. The summed E-state index contributed by atoms with van der Waals surface area (Å²) < 4.78 is 0. The molecular weight excluding hydrogens is 266 g/mol. The molecule has 1 fully saturated rings. The van der Waals surface area contributed by atoms with E-state index in [1.54, 1.807) is 24.3 Å². The molecule has 0 aromatic heterocycles. The Hall–Kier alpha value is -1.90. The summed E-state index contributed by atoms with van der Waals surface area (Å²) in [5, 5.41) is 21.8. The van der Waals surface area contributed by atoms with Crippen LogP contribution in [0.4, 0.5) is 5.69 Å². The van der Waals surface area contributed by atoms with E-state index in [4.69, 9.17) is 5.26 Å². The van der Waals surface area contributed by atoms with E-state index in [-0.39, 0.29) is 5.91 Å². The molecule has 0 spiro atoms. The predicted octanol–water partition coefficient (Wildman–Crippen LogP) is 1.73. The quantitative estimate of drug-likeness (QED) is 0.884. The van der Waals surface area contributed by atoms with E-state index >= 15 is 0 Å². The molecule has 1 aliphatic heterocycles. The van der Waals surface area contributed by atoms with Gasteiger partial charge in [-0.2, -0.15) is 5.26 Å². The SMILES string of the molecule is CC1(O)CCCN(CCC(=O)Nc2ccccc2C#N)C1. The van der Waals surface area contributed by atoms with E-state index in [0.29, 0.717) is 30.8 Å². The van der Waals surface area contributed by atoms with E-state index in [2.05, 4.69) is 16.3 Å². The Morgan fingerprint density at radius 3 is 3.00 bits per heavy atom. The molecule has 5 nitrogen and oxygen atoms in total. The number of β-amino-alcohol motifs (C(OH)–C–C–N with tert-alkyl or cyclic N) is 1. The fraction of sp³-hybridized carbons (Fsp3) is 0.500. The van der Waals surface area contributed by atoms with Crippen molar-refractivity contribution < 1.29 is 9.90 Å². The zero-order valence-electron chi connectivity index (χ0n) is 12.3. The minimum absolute atomic E-state index is 0.108. The fourth-order valence-electron chi connectivity index (χ4n) is 2.68. The number of benzene rings is 1. The summed E-state index contributed by atoms with van der Waals surface area (Å²) >= 11 is 0. The van der Waals surface area contributed by atoms with Crippen molar-refractivity contribution in [1.29, 1.82) is 5.26 Å². The van der Waals surface area contributed by atoms with Crippen LogP contribution in [0, 0.1) is 11.3 Å². The molecule has 1 saturated heterocycles. The number of carbonyl (C=O) groups excluding carboxylic acids is 1. The van der Waals surface area contributed by atoms with Crippen molar-refractivity contribution in [3.63, 3.8) is 0 Å². The minimum Gasteiger partial charge on any atom is -0.389 e. The zero-order valence-corrected chi connectivity index (χ0v) is 12.3. The molecular formula is C16H21N3O2. The Kier molecular flexibility index (Phi) is 4.94. The highest BCUT2D eigenvalue weighted by Gasteiger charge is 2.28. The van der Waals surface area contributed by atoms with Crippen LogP contribution >= 0.6 is 0 Å². The first-order valence-electron chi connectivity index (χ1n) is 7.24. The van der Waals surface area contributed by atoms with E-state index in [1.807, 2.05) is 6.92 Å². The van der Waals surface area contributed by atoms with Gasteiger partial charge in [0.1, 0.15) is 6.07 Å². The van der Waals surface area contributed by atoms with Crippen molar-refractivity contribution in [2.75, 3.05) is 25.0 Å². The third kappa shape index (κ3) is 4.55. The number of nitriles is 1. The Morgan fingerprint density at radius 1 is 1.52 bits per heavy atom. The van der Waals surface area contributed by atoms with E-state index < -0.39 is 5.60 Å². The van der Waals surface area contributed by atoms with Crippen molar-refractivity contribution in [3.8, 4) is 6.07 Å². The maximum absolute atomic E-state index is 12.0. The second-order valence-corrected chi connectivity index (χ2v) is 5.83. The van der Waals surface area contributed by atoms with Crippen LogP contribution in [0.3, 0.4) is 0 Å². The van der Waals surface area contributed by atoms with Crippen LogP contribution in [0.5, 0.6) is 0 Å². The average Bonchev–Trinajstić information content (AvgIpc) is 2.45. The highest BCUT2D eigenvalue weighted by molar-refractivity contribution is 5.92. The van der Waals surface area contributed by atoms with Crippen LogP contribution in [0.2, 0.25) is 0 Å². The molecule has 0 radical (unpaired) electrons. The standard InChI is InChI=1S/C16H21N3O2/c1-16(21)8-4-9-19(12-16)10-7-15(20)18-14-6-3-2-5-13(14)11-17/h2-3,5-6,21H,4,7-10,12H2,1H3,(H,18,20). The van der Waals surface area contributed by atoms with Gasteiger partial charge in [-0.1, -0.05) is 12.1 Å². The lowest BCUT2D eigenvalue weighted by atomic mass is 9.95. The predicted molar refractivity (Wildman–Crippen MR) is 80.7 cm³/mol. The van der Waals surface area contributed by atoms with E-state index in [0.717, 1.165) is 19.4 Å². The van der Waals surface area contributed by atoms with E-state index in [9.17, 15) is 9.90 Å². The number of rotatable bonds is 4. The number of likely N-dealkylation sites (tertiary alicyclic amines) is 1. The summed E-state index contributed by atoms with van der Waals surface area (Å²) in [6, 6.07) is 9.02. The molecule has 0 saturated carbocycles. The molecule has 0 aliphatic carbocycles. The Labute approximate surface area is 125 Å². The van der Waals surface area contributed by atoms with Gasteiger partial charge in [-0.25, -0.2) is 0 Å². The Balaban J connectivity index is 1.84.